The molecule has 118 valence electrons. The fourth-order valence-electron chi connectivity index (χ4n) is 2.96. The molecule has 0 spiro atoms. The maximum absolute atomic E-state index is 13.3. The predicted molar refractivity (Wildman–Crippen MR) is 98.6 cm³/mol. The van der Waals surface area contributed by atoms with Crippen LogP contribution in [-0.4, -0.2) is 31.3 Å². The first-order chi connectivity index (χ1) is 11.1. The third-order valence-electron chi connectivity index (χ3n) is 4.13. The molecule has 23 heavy (non-hydrogen) atoms. The van der Waals surface area contributed by atoms with Crippen LogP contribution in [0.2, 0.25) is 0 Å². The van der Waals surface area contributed by atoms with Crippen LogP contribution in [0.15, 0.2) is 54.6 Å². The summed E-state index contributed by atoms with van der Waals surface area (Å²) < 4.78 is 1.19. The first-order valence-electron chi connectivity index (χ1n) is 7.80. The van der Waals surface area contributed by atoms with E-state index in [0.717, 1.165) is 22.5 Å². The van der Waals surface area contributed by atoms with Gasteiger partial charge < -0.3 is 4.90 Å². The number of Topliss-reactive ketones (excluding diaryl/α,β-unsaturated/α-hetero) is 1. The van der Waals surface area contributed by atoms with Crippen molar-refractivity contribution in [3.05, 3.63) is 70.6 Å². The lowest BCUT2D eigenvalue weighted by Gasteiger charge is -2.20. The second-order valence-corrected chi connectivity index (χ2v) is 7.19. The van der Waals surface area contributed by atoms with E-state index in [1.54, 1.807) is 11.3 Å². The summed E-state index contributed by atoms with van der Waals surface area (Å²) in [5.74, 6) is 0.0987. The number of aryl methyl sites for hydroxylation is 1. The lowest BCUT2D eigenvalue weighted by atomic mass is 9.92. The zero-order valence-corrected chi connectivity index (χ0v) is 14.6. The summed E-state index contributed by atoms with van der Waals surface area (Å²) in [5, 5.41) is 1.19. The van der Waals surface area contributed by atoms with Gasteiger partial charge >= 0.3 is 0 Å². The normalized spacial score (nSPS) is 12.7. The Hall–Kier alpha value is -1.97. The molecule has 0 amide bonds. The van der Waals surface area contributed by atoms with Gasteiger partial charge in [-0.05, 0) is 43.6 Å². The van der Waals surface area contributed by atoms with Gasteiger partial charge in [-0.3, -0.25) is 4.79 Å². The molecule has 0 bridgehead atoms. The number of benzene rings is 2. The van der Waals surface area contributed by atoms with Crippen LogP contribution in [0.25, 0.3) is 10.1 Å². The largest absolute Gasteiger partial charge is 0.308 e. The molecule has 3 rings (SSSR count). The number of carbonyl (C=O) groups is 1. The topological polar surface area (TPSA) is 20.3 Å². The number of likely N-dealkylation sites (N-methyl/N-ethyl adjacent to an activating group) is 1. The van der Waals surface area contributed by atoms with Gasteiger partial charge in [-0.2, -0.15) is 0 Å². The Balaban J connectivity index is 2.04. The number of carbonyl (C=O) groups excluding carboxylic acids is 1. The van der Waals surface area contributed by atoms with Gasteiger partial charge in [-0.1, -0.05) is 48.5 Å². The molecule has 0 N–H and O–H groups in total. The van der Waals surface area contributed by atoms with Crippen molar-refractivity contribution in [3.63, 3.8) is 0 Å². The van der Waals surface area contributed by atoms with Crippen LogP contribution in [0.3, 0.4) is 0 Å². The summed E-state index contributed by atoms with van der Waals surface area (Å²) in [4.78, 5) is 16.2. The average molecular weight is 323 g/mol. The second-order valence-electron chi connectivity index (χ2n) is 6.14. The Labute approximate surface area is 141 Å². The van der Waals surface area contributed by atoms with E-state index in [4.69, 9.17) is 0 Å². The first-order valence-corrected chi connectivity index (χ1v) is 8.61. The maximum atomic E-state index is 13.3. The number of thiophene rings is 1. The van der Waals surface area contributed by atoms with Crippen molar-refractivity contribution < 1.29 is 4.79 Å². The van der Waals surface area contributed by atoms with E-state index in [2.05, 4.69) is 36.1 Å². The van der Waals surface area contributed by atoms with Crippen molar-refractivity contribution in [1.82, 2.24) is 4.90 Å². The van der Waals surface area contributed by atoms with E-state index in [9.17, 15) is 4.79 Å². The molecule has 1 aromatic heterocycles. The highest BCUT2D eigenvalue weighted by Gasteiger charge is 2.26. The molecule has 2 aromatic carbocycles. The van der Waals surface area contributed by atoms with Crippen LogP contribution < -0.4 is 0 Å². The van der Waals surface area contributed by atoms with Crippen LogP contribution in [0.1, 0.15) is 26.7 Å². The van der Waals surface area contributed by atoms with Crippen molar-refractivity contribution in [1.29, 1.82) is 0 Å². The molecule has 2 nitrogen and oxygen atoms in total. The molecule has 0 aliphatic carbocycles. The second kappa shape index (κ2) is 6.65. The lowest BCUT2D eigenvalue weighted by molar-refractivity contribution is 0.0948. The average Bonchev–Trinajstić information content (AvgIpc) is 2.90. The molecule has 0 saturated carbocycles. The Morgan fingerprint density at radius 1 is 1.04 bits per heavy atom. The van der Waals surface area contributed by atoms with Gasteiger partial charge in [-0.25, -0.2) is 0 Å². The fraction of sp³-hybridized carbons (Fsp3) is 0.250. The van der Waals surface area contributed by atoms with Gasteiger partial charge in [-0.15, -0.1) is 11.3 Å². The van der Waals surface area contributed by atoms with E-state index in [1.807, 2.05) is 44.4 Å². The summed E-state index contributed by atoms with van der Waals surface area (Å²) in [7, 11) is 4.03. The van der Waals surface area contributed by atoms with E-state index < -0.39 is 0 Å². The van der Waals surface area contributed by atoms with Crippen molar-refractivity contribution >= 4 is 27.2 Å². The van der Waals surface area contributed by atoms with Crippen molar-refractivity contribution in [2.75, 3.05) is 20.6 Å². The SMILES string of the molecule is Cc1c(C(=O)C(CN(C)C)c2ccccc2)sc2ccccc12. The van der Waals surface area contributed by atoms with E-state index in [0.29, 0.717) is 0 Å². The van der Waals surface area contributed by atoms with Gasteiger partial charge in [0, 0.05) is 11.2 Å². The summed E-state index contributed by atoms with van der Waals surface area (Å²) in [5.41, 5.74) is 2.19. The molecule has 0 fully saturated rings. The van der Waals surface area contributed by atoms with E-state index in [1.165, 1.54) is 10.1 Å². The lowest BCUT2D eigenvalue weighted by Crippen LogP contribution is -2.26. The minimum Gasteiger partial charge on any atom is -0.308 e. The Bertz CT molecular complexity index is 820. The molecule has 1 unspecified atom stereocenters. The molecule has 0 aliphatic heterocycles. The summed E-state index contributed by atoms with van der Waals surface area (Å²) in [6, 6.07) is 18.3. The zero-order valence-electron chi connectivity index (χ0n) is 13.7. The van der Waals surface area contributed by atoms with Crippen LogP contribution in [0.5, 0.6) is 0 Å². The number of rotatable bonds is 5. The van der Waals surface area contributed by atoms with Gasteiger partial charge in [0.1, 0.15) is 0 Å². The standard InChI is InChI=1S/C20H21NOS/c1-14-16-11-7-8-12-18(16)23-20(14)19(22)17(13-21(2)3)15-9-5-4-6-10-15/h4-12,17H,13H2,1-3H3. The molecule has 0 aliphatic rings. The molecule has 0 saturated heterocycles. The number of ketones is 1. The zero-order chi connectivity index (χ0) is 16.4. The third-order valence-corrected chi connectivity index (χ3v) is 5.42. The molecule has 1 heterocycles. The number of nitrogens with zero attached hydrogens (tertiary/aromatic N) is 1. The third kappa shape index (κ3) is 3.21. The minimum absolute atomic E-state index is 0.127. The van der Waals surface area contributed by atoms with Gasteiger partial charge in [0.05, 0.1) is 10.8 Å². The molecule has 3 heteroatoms. The predicted octanol–water partition coefficient (Wildman–Crippen LogP) is 4.74. The van der Waals surface area contributed by atoms with Crippen molar-refractivity contribution in [2.45, 2.75) is 12.8 Å². The molecule has 3 aromatic rings. The molecular formula is C20H21NOS. The summed E-state index contributed by atoms with van der Waals surface area (Å²) in [6.07, 6.45) is 0. The molecule has 1 atom stereocenters. The minimum atomic E-state index is -0.127. The highest BCUT2D eigenvalue weighted by atomic mass is 32.1. The number of hydrogen-bond donors (Lipinski definition) is 0. The number of fused-ring (bicyclic) bond motifs is 1. The fourth-order valence-corrected chi connectivity index (χ4v) is 4.16. The quantitative estimate of drug-likeness (QED) is 0.632. The molecule has 0 radical (unpaired) electrons. The summed E-state index contributed by atoms with van der Waals surface area (Å²) >= 11 is 1.61. The molecular weight excluding hydrogens is 302 g/mol. The Morgan fingerprint density at radius 3 is 2.35 bits per heavy atom. The van der Waals surface area contributed by atoms with Crippen LogP contribution in [0.4, 0.5) is 0 Å². The van der Waals surface area contributed by atoms with Gasteiger partial charge in [0.25, 0.3) is 0 Å². The van der Waals surface area contributed by atoms with Gasteiger partial charge in [0.2, 0.25) is 0 Å². The first kappa shape index (κ1) is 15.9. The van der Waals surface area contributed by atoms with E-state index >= 15 is 0 Å². The number of hydrogen-bond acceptors (Lipinski definition) is 3. The smallest absolute Gasteiger partial charge is 0.181 e. The maximum Gasteiger partial charge on any atom is 0.181 e. The van der Waals surface area contributed by atoms with Crippen molar-refractivity contribution in [3.8, 4) is 0 Å². The monoisotopic (exact) mass is 323 g/mol. The Kier molecular flexibility index (Phi) is 4.60. The van der Waals surface area contributed by atoms with E-state index in [-0.39, 0.29) is 11.7 Å². The van der Waals surface area contributed by atoms with Crippen LogP contribution in [-0.2, 0) is 0 Å². The summed E-state index contributed by atoms with van der Waals surface area (Å²) in [6.45, 7) is 2.78. The van der Waals surface area contributed by atoms with Crippen LogP contribution >= 0.6 is 11.3 Å². The highest BCUT2D eigenvalue weighted by Crippen LogP contribution is 2.34. The Morgan fingerprint density at radius 2 is 1.70 bits per heavy atom. The van der Waals surface area contributed by atoms with Crippen LogP contribution in [0, 0.1) is 6.92 Å². The van der Waals surface area contributed by atoms with Crippen molar-refractivity contribution in [2.24, 2.45) is 0 Å². The highest BCUT2D eigenvalue weighted by molar-refractivity contribution is 7.21. The van der Waals surface area contributed by atoms with Gasteiger partial charge in [0.15, 0.2) is 5.78 Å².